The number of aliphatic hydroxyl groups is 1. The predicted molar refractivity (Wildman–Crippen MR) is 137 cm³/mol. The Hall–Kier alpha value is -3.68. The van der Waals surface area contributed by atoms with Crippen LogP contribution in [0.25, 0.3) is 21.9 Å². The molecule has 1 aliphatic heterocycles. The minimum Gasteiger partial charge on any atom is -0.494 e. The number of aromatic hydroxyl groups is 1. The zero-order valence-corrected chi connectivity index (χ0v) is 19.5. The minimum atomic E-state index is -0.349. The number of aromatic nitrogens is 1. The van der Waals surface area contributed by atoms with Crippen LogP contribution in [0.1, 0.15) is 30.4 Å². The Morgan fingerprint density at radius 2 is 1.86 bits per heavy atom. The van der Waals surface area contributed by atoms with Gasteiger partial charge in [0.05, 0.1) is 23.8 Å². The lowest BCUT2D eigenvalue weighted by atomic mass is 9.94. The molecule has 0 spiro atoms. The van der Waals surface area contributed by atoms with Crippen LogP contribution in [-0.2, 0) is 6.54 Å². The molecule has 1 fully saturated rings. The highest BCUT2D eigenvalue weighted by Gasteiger charge is 2.18. The number of nitrogens with zero attached hydrogens (tertiary/aromatic N) is 2. The average Bonchev–Trinajstić information content (AvgIpc) is 3.41. The number of hydrogen-bond donors (Lipinski definition) is 3. The third kappa shape index (κ3) is 5.21. The van der Waals surface area contributed by atoms with Crippen LogP contribution in [0, 0.1) is 5.92 Å². The van der Waals surface area contributed by atoms with Crippen molar-refractivity contribution >= 4 is 22.7 Å². The maximum atomic E-state index is 12.4. The fourth-order valence-corrected chi connectivity index (χ4v) is 4.77. The number of piperidine rings is 1. The van der Waals surface area contributed by atoms with Gasteiger partial charge in [-0.25, -0.2) is 0 Å². The number of benzene rings is 2. The van der Waals surface area contributed by atoms with E-state index in [9.17, 15) is 9.90 Å². The van der Waals surface area contributed by atoms with Crippen molar-refractivity contribution in [1.29, 1.82) is 0 Å². The van der Waals surface area contributed by atoms with Crippen LogP contribution in [0.5, 0.6) is 5.88 Å². The number of likely N-dealkylation sites (tertiary alicyclic amines) is 1. The summed E-state index contributed by atoms with van der Waals surface area (Å²) in [6, 6.07) is 15.4. The summed E-state index contributed by atoms with van der Waals surface area (Å²) < 4.78 is 5.18. The summed E-state index contributed by atoms with van der Waals surface area (Å²) >= 11 is 0. The average molecular weight is 472 g/mol. The van der Waals surface area contributed by atoms with E-state index in [-0.39, 0.29) is 18.0 Å². The van der Waals surface area contributed by atoms with E-state index in [1.54, 1.807) is 24.8 Å². The van der Waals surface area contributed by atoms with Crippen LogP contribution in [0.3, 0.4) is 0 Å². The molecule has 0 unspecified atom stereocenters. The number of rotatable bonds is 7. The van der Waals surface area contributed by atoms with Crippen LogP contribution in [-0.4, -0.2) is 46.0 Å². The molecule has 0 aliphatic carbocycles. The first-order valence-electron chi connectivity index (χ1n) is 12.0. The molecule has 5 rings (SSSR count). The second-order valence-electron chi connectivity index (χ2n) is 9.15. The predicted octanol–water partition coefficient (Wildman–Crippen LogP) is 4.84. The Morgan fingerprint density at radius 1 is 1.06 bits per heavy atom. The van der Waals surface area contributed by atoms with E-state index in [0.717, 1.165) is 55.7 Å². The lowest BCUT2D eigenvalue weighted by Crippen LogP contribution is -2.33. The number of hydrogen-bond acceptors (Lipinski definition) is 6. The van der Waals surface area contributed by atoms with Crippen LogP contribution in [0.15, 0.2) is 75.3 Å². The molecule has 2 aromatic heterocycles. The number of H-pyrrole nitrogens is 1. The van der Waals surface area contributed by atoms with E-state index in [0.29, 0.717) is 22.3 Å². The van der Waals surface area contributed by atoms with Gasteiger partial charge in [-0.05, 0) is 79.7 Å². The Bertz CT molecular complexity index is 1370. The molecule has 0 atom stereocenters. The third-order valence-electron chi connectivity index (χ3n) is 6.83. The number of furan rings is 1. The number of fused-ring (bicyclic) bond motifs is 1. The quantitative estimate of drug-likeness (QED) is 0.335. The number of aliphatic hydroxyl groups excluding tert-OH is 1. The van der Waals surface area contributed by atoms with E-state index in [1.165, 1.54) is 5.56 Å². The molecule has 35 heavy (non-hydrogen) atoms. The monoisotopic (exact) mass is 471 g/mol. The molecule has 4 aromatic rings. The van der Waals surface area contributed by atoms with E-state index in [4.69, 9.17) is 9.52 Å². The fraction of sp³-hybridized carbons (Fsp3) is 0.286. The van der Waals surface area contributed by atoms with Crippen LogP contribution < -0.4 is 5.56 Å². The summed E-state index contributed by atoms with van der Waals surface area (Å²) in [5.74, 6) is 0.431. The second kappa shape index (κ2) is 10.3. The third-order valence-corrected chi connectivity index (χ3v) is 6.83. The zero-order valence-electron chi connectivity index (χ0n) is 19.5. The number of nitrogens with one attached hydrogen (secondary N) is 1. The van der Waals surface area contributed by atoms with Crippen molar-refractivity contribution in [1.82, 2.24) is 9.88 Å². The molecular weight excluding hydrogens is 442 g/mol. The van der Waals surface area contributed by atoms with Gasteiger partial charge in [-0.15, -0.1) is 0 Å². The van der Waals surface area contributed by atoms with Crippen molar-refractivity contribution in [2.24, 2.45) is 10.9 Å². The van der Waals surface area contributed by atoms with Gasteiger partial charge in [0.25, 0.3) is 5.56 Å². The second-order valence-corrected chi connectivity index (χ2v) is 9.15. The molecule has 7 heteroatoms. The molecule has 3 N–H and O–H groups in total. The van der Waals surface area contributed by atoms with E-state index in [2.05, 4.69) is 27.0 Å². The molecule has 0 amide bonds. The fourth-order valence-electron chi connectivity index (χ4n) is 4.77. The Balaban J connectivity index is 1.34. The highest BCUT2D eigenvalue weighted by Crippen LogP contribution is 2.28. The van der Waals surface area contributed by atoms with E-state index >= 15 is 0 Å². The van der Waals surface area contributed by atoms with Gasteiger partial charge in [0.2, 0.25) is 5.88 Å². The smallest absolute Gasteiger partial charge is 0.258 e. The summed E-state index contributed by atoms with van der Waals surface area (Å²) in [6.07, 6.45) is 8.02. The molecule has 2 aromatic carbocycles. The zero-order chi connectivity index (χ0) is 24.2. The number of aromatic amines is 1. The summed E-state index contributed by atoms with van der Waals surface area (Å²) in [6.45, 7) is 3.30. The summed E-state index contributed by atoms with van der Waals surface area (Å²) in [5.41, 5.74) is 3.88. The molecule has 1 aliphatic rings. The molecule has 3 heterocycles. The van der Waals surface area contributed by atoms with Crippen molar-refractivity contribution < 1.29 is 14.6 Å². The Labute approximate surface area is 203 Å². The van der Waals surface area contributed by atoms with Crippen molar-refractivity contribution in [2.45, 2.75) is 25.8 Å². The first-order valence-corrected chi connectivity index (χ1v) is 12.0. The topological polar surface area (TPSA) is 102 Å². The van der Waals surface area contributed by atoms with Crippen LogP contribution in [0.2, 0.25) is 0 Å². The van der Waals surface area contributed by atoms with Gasteiger partial charge in [0.1, 0.15) is 0 Å². The Morgan fingerprint density at radius 3 is 2.57 bits per heavy atom. The first kappa shape index (κ1) is 23.1. The van der Waals surface area contributed by atoms with Crippen molar-refractivity contribution in [3.63, 3.8) is 0 Å². The normalized spacial score (nSPS) is 15.3. The standard InChI is InChI=1S/C28H29N3O4/c32-13-9-19-7-11-31(12-8-19)17-20-1-4-23(5-2-20)29-16-26-25-15-21(22-10-14-35-18-22)3-6-24(25)27(33)30-28(26)34/h1-6,10,14-16,18-19,32H,7-9,11-13,17H2,(H2,30,33,34). The molecule has 180 valence electrons. The molecule has 0 radical (unpaired) electrons. The maximum Gasteiger partial charge on any atom is 0.258 e. The summed E-state index contributed by atoms with van der Waals surface area (Å²) in [4.78, 5) is 21.9. The van der Waals surface area contributed by atoms with Gasteiger partial charge in [-0.2, -0.15) is 0 Å². The first-order chi connectivity index (χ1) is 17.1. The number of aliphatic imine (C=N–C) groups is 1. The molecule has 1 saturated heterocycles. The van der Waals surface area contributed by atoms with Gasteiger partial charge in [0.15, 0.2) is 0 Å². The van der Waals surface area contributed by atoms with E-state index < -0.39 is 0 Å². The minimum absolute atomic E-state index is 0.211. The van der Waals surface area contributed by atoms with Gasteiger partial charge in [-0.1, -0.05) is 18.2 Å². The van der Waals surface area contributed by atoms with Gasteiger partial charge in [-0.3, -0.25) is 19.7 Å². The molecular formula is C28H29N3O4. The lowest BCUT2D eigenvalue weighted by Gasteiger charge is -2.31. The summed E-state index contributed by atoms with van der Waals surface area (Å²) in [7, 11) is 0. The van der Waals surface area contributed by atoms with Gasteiger partial charge in [0, 0.05) is 35.7 Å². The molecule has 0 saturated carbocycles. The molecule has 7 nitrogen and oxygen atoms in total. The SMILES string of the molecule is O=c1[nH]c(O)c(C=Nc2ccc(CN3CCC(CCO)CC3)cc2)c2cc(-c3ccoc3)ccc12. The van der Waals surface area contributed by atoms with Crippen molar-refractivity contribution in [2.75, 3.05) is 19.7 Å². The summed E-state index contributed by atoms with van der Waals surface area (Å²) in [5, 5.41) is 20.7. The van der Waals surface area contributed by atoms with E-state index in [1.807, 2.05) is 30.3 Å². The van der Waals surface area contributed by atoms with Crippen LogP contribution >= 0.6 is 0 Å². The maximum absolute atomic E-state index is 12.4. The highest BCUT2D eigenvalue weighted by molar-refractivity contribution is 6.03. The highest BCUT2D eigenvalue weighted by atomic mass is 16.3. The van der Waals surface area contributed by atoms with Crippen molar-refractivity contribution in [3.05, 3.63) is 82.5 Å². The molecule has 0 bridgehead atoms. The van der Waals surface area contributed by atoms with Crippen molar-refractivity contribution in [3.8, 4) is 17.0 Å². The largest absolute Gasteiger partial charge is 0.494 e. The van der Waals surface area contributed by atoms with Gasteiger partial charge >= 0.3 is 0 Å². The Kier molecular flexibility index (Phi) is 6.79. The van der Waals surface area contributed by atoms with Crippen LogP contribution in [0.4, 0.5) is 5.69 Å². The number of pyridine rings is 1. The lowest BCUT2D eigenvalue weighted by molar-refractivity contribution is 0.153. The van der Waals surface area contributed by atoms with Gasteiger partial charge < -0.3 is 14.6 Å².